The molecule has 0 aromatic heterocycles. The Morgan fingerprint density at radius 1 is 1.56 bits per heavy atom. The van der Waals surface area contributed by atoms with Crippen LogP contribution in [0.4, 0.5) is 8.78 Å². The third kappa shape index (κ3) is 3.40. The summed E-state index contributed by atoms with van der Waals surface area (Å²) in [5, 5.41) is 0. The molecule has 0 bridgehead atoms. The van der Waals surface area contributed by atoms with Crippen molar-refractivity contribution in [3.63, 3.8) is 0 Å². The van der Waals surface area contributed by atoms with E-state index in [-0.39, 0.29) is 6.61 Å². The van der Waals surface area contributed by atoms with Crippen molar-refractivity contribution < 1.29 is 13.5 Å². The van der Waals surface area contributed by atoms with Crippen LogP contribution in [0.5, 0.6) is 0 Å². The number of halogens is 2. The zero-order chi connectivity index (χ0) is 6.91. The first-order valence-corrected chi connectivity index (χ1v) is 3.10. The minimum absolute atomic E-state index is 0.226. The van der Waals surface area contributed by atoms with Gasteiger partial charge in [0.2, 0.25) is 0 Å². The van der Waals surface area contributed by atoms with E-state index in [4.69, 9.17) is 0 Å². The normalized spacial score (nSPS) is 20.3. The highest BCUT2D eigenvalue weighted by atomic mass is 19.3. The summed E-state index contributed by atoms with van der Waals surface area (Å²) in [6.45, 7) is 0.999. The molecule has 0 aliphatic heterocycles. The molecule has 0 atom stereocenters. The van der Waals surface area contributed by atoms with Crippen molar-refractivity contribution in [1.29, 1.82) is 0 Å². The number of alkyl halides is 2. The van der Waals surface area contributed by atoms with Crippen molar-refractivity contribution in [3.8, 4) is 0 Å². The number of rotatable bonds is 3. The topological polar surface area (TPSA) is 9.23 Å². The van der Waals surface area contributed by atoms with Gasteiger partial charge in [-0.1, -0.05) is 0 Å². The van der Waals surface area contributed by atoms with E-state index in [2.05, 4.69) is 4.74 Å². The van der Waals surface area contributed by atoms with Gasteiger partial charge in [-0.05, 0) is 18.8 Å². The van der Waals surface area contributed by atoms with Crippen LogP contribution >= 0.6 is 0 Å². The maximum Gasteiger partial charge on any atom is 0.352 e. The van der Waals surface area contributed by atoms with Gasteiger partial charge >= 0.3 is 6.11 Å². The Labute approximate surface area is 53.0 Å². The van der Waals surface area contributed by atoms with Gasteiger partial charge in [0.25, 0.3) is 0 Å². The molecule has 1 rings (SSSR count). The zero-order valence-corrected chi connectivity index (χ0v) is 5.36. The Bertz CT molecular complexity index is 93.7. The molecule has 1 nitrogen and oxygen atoms in total. The van der Waals surface area contributed by atoms with Gasteiger partial charge in [-0.2, -0.15) is 8.78 Å². The molecule has 0 N–H and O–H groups in total. The molecule has 1 fully saturated rings. The molecule has 0 saturated heterocycles. The van der Waals surface area contributed by atoms with Gasteiger partial charge in [-0.25, -0.2) is 0 Å². The second-order valence-corrected chi connectivity index (χ2v) is 2.56. The zero-order valence-electron chi connectivity index (χ0n) is 5.36. The van der Waals surface area contributed by atoms with Crippen LogP contribution in [0.1, 0.15) is 19.8 Å². The van der Waals surface area contributed by atoms with Gasteiger partial charge in [-0.3, -0.25) is 0 Å². The molecule has 0 spiro atoms. The van der Waals surface area contributed by atoms with Crippen LogP contribution in [-0.4, -0.2) is 12.7 Å². The van der Waals surface area contributed by atoms with E-state index in [1.807, 2.05) is 0 Å². The van der Waals surface area contributed by atoms with Crippen LogP contribution in [0.3, 0.4) is 0 Å². The van der Waals surface area contributed by atoms with Crippen LogP contribution in [0.25, 0.3) is 0 Å². The first-order valence-electron chi connectivity index (χ1n) is 3.10. The van der Waals surface area contributed by atoms with Crippen LogP contribution in [-0.2, 0) is 4.74 Å². The molecule has 0 heterocycles. The third-order valence-corrected chi connectivity index (χ3v) is 1.27. The van der Waals surface area contributed by atoms with Crippen molar-refractivity contribution in [2.45, 2.75) is 25.9 Å². The summed E-state index contributed by atoms with van der Waals surface area (Å²) in [5.74, 6) is 0.413. The summed E-state index contributed by atoms with van der Waals surface area (Å²) in [4.78, 5) is 0. The first kappa shape index (κ1) is 6.93. The largest absolute Gasteiger partial charge is 0.352 e. The minimum Gasteiger partial charge on any atom is -0.320 e. The molecule has 54 valence electrons. The third-order valence-electron chi connectivity index (χ3n) is 1.27. The summed E-state index contributed by atoms with van der Waals surface area (Å²) in [6.07, 6.45) is -0.825. The van der Waals surface area contributed by atoms with Gasteiger partial charge in [0.1, 0.15) is 0 Å². The molecule has 1 aliphatic carbocycles. The van der Waals surface area contributed by atoms with E-state index < -0.39 is 6.11 Å². The lowest BCUT2D eigenvalue weighted by Crippen LogP contribution is -2.16. The summed E-state index contributed by atoms with van der Waals surface area (Å²) in [7, 11) is 0. The highest BCUT2D eigenvalue weighted by molar-refractivity contribution is 4.72. The average Bonchev–Trinajstić information content (AvgIpc) is 2.38. The maximum atomic E-state index is 11.9. The monoisotopic (exact) mass is 136 g/mol. The Morgan fingerprint density at radius 2 is 2.11 bits per heavy atom. The standard InChI is InChI=1S/C6H10F2O/c1-6(7,8)9-4-5-2-3-5/h5H,2-4H2,1H3. The summed E-state index contributed by atoms with van der Waals surface area (Å²) >= 11 is 0. The van der Waals surface area contributed by atoms with E-state index in [0.717, 1.165) is 19.8 Å². The van der Waals surface area contributed by atoms with Gasteiger partial charge in [0.15, 0.2) is 0 Å². The Kier molecular flexibility index (Phi) is 1.70. The molecule has 0 amide bonds. The summed E-state index contributed by atoms with van der Waals surface area (Å²) < 4.78 is 28.0. The van der Waals surface area contributed by atoms with Crippen LogP contribution in [0.2, 0.25) is 0 Å². The SMILES string of the molecule is CC(F)(F)OCC1CC1. The second-order valence-electron chi connectivity index (χ2n) is 2.56. The van der Waals surface area contributed by atoms with Crippen molar-refractivity contribution >= 4 is 0 Å². The number of ether oxygens (including phenoxy) is 1. The van der Waals surface area contributed by atoms with Gasteiger partial charge < -0.3 is 4.74 Å². The van der Waals surface area contributed by atoms with E-state index in [9.17, 15) is 8.78 Å². The number of hydrogen-bond acceptors (Lipinski definition) is 1. The first-order chi connectivity index (χ1) is 4.08. The fourth-order valence-corrected chi connectivity index (χ4v) is 0.549. The van der Waals surface area contributed by atoms with Crippen molar-refractivity contribution in [2.75, 3.05) is 6.61 Å². The molecule has 0 radical (unpaired) electrons. The maximum absolute atomic E-state index is 11.9. The highest BCUT2D eigenvalue weighted by Crippen LogP contribution is 2.30. The van der Waals surface area contributed by atoms with E-state index in [1.54, 1.807) is 0 Å². The van der Waals surface area contributed by atoms with Crippen molar-refractivity contribution in [1.82, 2.24) is 0 Å². The van der Waals surface area contributed by atoms with Gasteiger partial charge in [-0.15, -0.1) is 0 Å². The molecule has 3 heteroatoms. The molecular formula is C6H10F2O. The molecule has 1 saturated carbocycles. The Balaban J connectivity index is 2.03. The highest BCUT2D eigenvalue weighted by Gasteiger charge is 2.28. The predicted molar refractivity (Wildman–Crippen MR) is 29.3 cm³/mol. The average molecular weight is 136 g/mol. The van der Waals surface area contributed by atoms with Crippen LogP contribution < -0.4 is 0 Å². The summed E-state index contributed by atoms with van der Waals surface area (Å²) in [5.41, 5.74) is 0. The Hall–Kier alpha value is -0.180. The van der Waals surface area contributed by atoms with Crippen LogP contribution in [0.15, 0.2) is 0 Å². The lowest BCUT2D eigenvalue weighted by Gasteiger charge is -2.09. The fraction of sp³-hybridized carbons (Fsp3) is 1.00. The van der Waals surface area contributed by atoms with E-state index >= 15 is 0 Å². The molecule has 0 unspecified atom stereocenters. The molecule has 9 heavy (non-hydrogen) atoms. The minimum atomic E-state index is -2.93. The van der Waals surface area contributed by atoms with E-state index in [1.165, 1.54) is 0 Å². The lowest BCUT2D eigenvalue weighted by molar-refractivity contribution is -0.226. The van der Waals surface area contributed by atoms with Crippen LogP contribution in [0, 0.1) is 5.92 Å². The van der Waals surface area contributed by atoms with E-state index in [0.29, 0.717) is 5.92 Å². The second kappa shape index (κ2) is 2.21. The predicted octanol–water partition coefficient (Wildman–Crippen LogP) is 2.03. The smallest absolute Gasteiger partial charge is 0.320 e. The molecular weight excluding hydrogens is 126 g/mol. The van der Waals surface area contributed by atoms with Gasteiger partial charge in [0.05, 0.1) is 6.61 Å². The molecule has 0 aromatic carbocycles. The van der Waals surface area contributed by atoms with Crippen molar-refractivity contribution in [3.05, 3.63) is 0 Å². The number of hydrogen-bond donors (Lipinski definition) is 0. The molecule has 0 aromatic rings. The Morgan fingerprint density at radius 3 is 2.44 bits per heavy atom. The summed E-state index contributed by atoms with van der Waals surface area (Å²) in [6, 6.07) is 0. The van der Waals surface area contributed by atoms with Gasteiger partial charge in [0, 0.05) is 6.92 Å². The van der Waals surface area contributed by atoms with Crippen molar-refractivity contribution in [2.24, 2.45) is 5.92 Å². The lowest BCUT2D eigenvalue weighted by atomic mass is 10.5. The fourth-order valence-electron chi connectivity index (χ4n) is 0.549. The quantitative estimate of drug-likeness (QED) is 0.576. The molecule has 1 aliphatic rings.